The number of nitrogens with zero attached hydrogens (tertiary/aromatic N) is 1. The van der Waals surface area contributed by atoms with Gasteiger partial charge in [0.1, 0.15) is 12.6 Å². The van der Waals surface area contributed by atoms with E-state index in [4.69, 9.17) is 5.11 Å². The van der Waals surface area contributed by atoms with Gasteiger partial charge in [0.05, 0.1) is 0 Å². The number of hydrogen-bond acceptors (Lipinski definition) is 3. The summed E-state index contributed by atoms with van der Waals surface area (Å²) in [6.07, 6.45) is 0. The first-order valence-corrected chi connectivity index (χ1v) is 6.44. The van der Waals surface area contributed by atoms with Crippen LogP contribution < -0.4 is 5.32 Å². The average Bonchev–Trinajstić information content (AvgIpc) is 2.46. The summed E-state index contributed by atoms with van der Waals surface area (Å²) >= 11 is 0. The molecular weight excluding hydrogens is 295 g/mol. The fraction of sp³-hybridized carbons (Fsp3) is 0.538. The molecule has 0 radical (unpaired) electrons. The van der Waals surface area contributed by atoms with Crippen molar-refractivity contribution >= 4 is 0 Å². The van der Waals surface area contributed by atoms with Gasteiger partial charge in [0.25, 0.3) is 5.92 Å². The highest BCUT2D eigenvalue weighted by Gasteiger charge is 2.44. The number of aliphatic hydroxyl groups excluding tert-OH is 1. The van der Waals surface area contributed by atoms with Crippen LogP contribution in [0.15, 0.2) is 12.1 Å². The third-order valence-corrected chi connectivity index (χ3v) is 3.45. The number of aliphatic hydroxyl groups is 1. The summed E-state index contributed by atoms with van der Waals surface area (Å²) in [5.41, 5.74) is -0.396. The zero-order valence-corrected chi connectivity index (χ0v) is 11.1. The van der Waals surface area contributed by atoms with Crippen LogP contribution >= 0.6 is 0 Å². The van der Waals surface area contributed by atoms with Crippen LogP contribution in [0.25, 0.3) is 0 Å². The van der Waals surface area contributed by atoms with Gasteiger partial charge in [0.2, 0.25) is 0 Å². The summed E-state index contributed by atoms with van der Waals surface area (Å²) in [7, 11) is 0. The summed E-state index contributed by atoms with van der Waals surface area (Å²) in [6.45, 7) is -0.154. The first-order valence-electron chi connectivity index (χ1n) is 6.44. The van der Waals surface area contributed by atoms with Crippen LogP contribution in [0.2, 0.25) is 0 Å². The lowest BCUT2D eigenvalue weighted by Crippen LogP contribution is -2.51. The van der Waals surface area contributed by atoms with Crippen molar-refractivity contribution in [2.24, 2.45) is 0 Å². The van der Waals surface area contributed by atoms with E-state index in [-0.39, 0.29) is 13.1 Å². The second-order valence-electron chi connectivity index (χ2n) is 4.91. The van der Waals surface area contributed by atoms with E-state index >= 15 is 0 Å². The predicted molar refractivity (Wildman–Crippen MR) is 65.5 cm³/mol. The number of benzene rings is 1. The first kappa shape index (κ1) is 16.1. The molecule has 1 saturated heterocycles. The first-order chi connectivity index (χ1) is 9.86. The largest absolute Gasteiger partial charge is 0.390 e. The molecule has 0 saturated carbocycles. The Morgan fingerprint density at radius 3 is 2.14 bits per heavy atom. The van der Waals surface area contributed by atoms with Crippen molar-refractivity contribution in [1.82, 2.24) is 10.2 Å². The van der Waals surface area contributed by atoms with Crippen LogP contribution in [-0.4, -0.2) is 48.7 Å². The minimum Gasteiger partial charge on any atom is -0.390 e. The standard InChI is InChI=1S/C13H15F5N2O/c14-9-5-8(6-10(15)11(9)16)12(13(17,18)7-21)20-3-1-19-2-4-20/h5-6,12,19,21H,1-4,7H2/t12-/m0/s1. The Kier molecular flexibility index (Phi) is 4.80. The van der Waals surface area contributed by atoms with Gasteiger partial charge in [0.15, 0.2) is 17.5 Å². The molecule has 1 aliphatic heterocycles. The van der Waals surface area contributed by atoms with Gasteiger partial charge in [-0.15, -0.1) is 0 Å². The molecule has 2 N–H and O–H groups in total. The zero-order chi connectivity index (χ0) is 15.6. The molecule has 1 atom stereocenters. The maximum absolute atomic E-state index is 14.0. The van der Waals surface area contributed by atoms with Gasteiger partial charge in [-0.1, -0.05) is 0 Å². The molecule has 1 aromatic carbocycles. The molecule has 118 valence electrons. The molecule has 0 spiro atoms. The van der Waals surface area contributed by atoms with Gasteiger partial charge in [-0.2, -0.15) is 0 Å². The molecule has 3 nitrogen and oxygen atoms in total. The Hall–Kier alpha value is -1.25. The van der Waals surface area contributed by atoms with Crippen LogP contribution in [0.3, 0.4) is 0 Å². The highest BCUT2D eigenvalue weighted by Crippen LogP contribution is 2.37. The van der Waals surface area contributed by atoms with E-state index in [0.29, 0.717) is 25.2 Å². The van der Waals surface area contributed by atoms with Crippen molar-refractivity contribution < 1.29 is 27.1 Å². The lowest BCUT2D eigenvalue weighted by Gasteiger charge is -2.38. The molecule has 1 aliphatic rings. The molecule has 0 unspecified atom stereocenters. The van der Waals surface area contributed by atoms with Crippen molar-refractivity contribution in [2.75, 3.05) is 32.8 Å². The Morgan fingerprint density at radius 2 is 1.67 bits per heavy atom. The number of piperazine rings is 1. The SMILES string of the molecule is OCC(F)(F)[C@H](c1cc(F)c(F)c(F)c1)N1CCNCC1. The Labute approximate surface area is 118 Å². The highest BCUT2D eigenvalue weighted by molar-refractivity contribution is 5.25. The van der Waals surface area contributed by atoms with Crippen LogP contribution in [0, 0.1) is 17.5 Å². The molecule has 0 bridgehead atoms. The second-order valence-corrected chi connectivity index (χ2v) is 4.91. The molecule has 0 aromatic heterocycles. The maximum Gasteiger partial charge on any atom is 0.289 e. The minimum absolute atomic E-state index is 0.223. The molecular formula is C13H15F5N2O. The van der Waals surface area contributed by atoms with Crippen LogP contribution in [-0.2, 0) is 0 Å². The van der Waals surface area contributed by atoms with E-state index in [1.165, 1.54) is 4.90 Å². The zero-order valence-electron chi connectivity index (χ0n) is 11.1. The summed E-state index contributed by atoms with van der Waals surface area (Å²) in [5.74, 6) is -8.36. The van der Waals surface area contributed by atoms with Gasteiger partial charge in [0, 0.05) is 26.2 Å². The van der Waals surface area contributed by atoms with Gasteiger partial charge in [-0.05, 0) is 17.7 Å². The monoisotopic (exact) mass is 310 g/mol. The molecule has 2 rings (SSSR count). The van der Waals surface area contributed by atoms with Crippen LogP contribution in [0.4, 0.5) is 22.0 Å². The summed E-state index contributed by atoms with van der Waals surface area (Å²) < 4.78 is 67.6. The van der Waals surface area contributed by atoms with Crippen molar-refractivity contribution in [2.45, 2.75) is 12.0 Å². The van der Waals surface area contributed by atoms with E-state index in [2.05, 4.69) is 5.32 Å². The number of hydrogen-bond donors (Lipinski definition) is 2. The van der Waals surface area contributed by atoms with Gasteiger partial charge >= 0.3 is 0 Å². The normalized spacial score (nSPS) is 18.8. The highest BCUT2D eigenvalue weighted by atomic mass is 19.3. The van der Waals surface area contributed by atoms with Crippen molar-refractivity contribution in [3.63, 3.8) is 0 Å². The molecule has 1 fully saturated rings. The fourth-order valence-electron chi connectivity index (χ4n) is 2.48. The number of nitrogens with one attached hydrogen (secondary N) is 1. The van der Waals surface area contributed by atoms with E-state index in [0.717, 1.165) is 0 Å². The third kappa shape index (κ3) is 3.33. The number of rotatable bonds is 4. The molecule has 1 aromatic rings. The molecule has 8 heteroatoms. The molecule has 0 amide bonds. The fourth-order valence-corrected chi connectivity index (χ4v) is 2.48. The molecule has 0 aliphatic carbocycles. The van der Waals surface area contributed by atoms with Crippen LogP contribution in [0.1, 0.15) is 11.6 Å². The van der Waals surface area contributed by atoms with Crippen molar-refractivity contribution in [3.8, 4) is 0 Å². The third-order valence-electron chi connectivity index (χ3n) is 3.45. The van der Waals surface area contributed by atoms with Crippen LogP contribution in [0.5, 0.6) is 0 Å². The van der Waals surface area contributed by atoms with E-state index in [1.807, 2.05) is 0 Å². The summed E-state index contributed by atoms with van der Waals surface area (Å²) in [4.78, 5) is 1.32. The van der Waals surface area contributed by atoms with Crippen molar-refractivity contribution in [1.29, 1.82) is 0 Å². The minimum atomic E-state index is -3.60. The second kappa shape index (κ2) is 6.25. The Balaban J connectivity index is 2.44. The topological polar surface area (TPSA) is 35.5 Å². The average molecular weight is 310 g/mol. The Bertz CT molecular complexity index is 482. The van der Waals surface area contributed by atoms with E-state index < -0.39 is 41.6 Å². The van der Waals surface area contributed by atoms with E-state index in [1.54, 1.807) is 0 Å². The van der Waals surface area contributed by atoms with Gasteiger partial charge < -0.3 is 10.4 Å². The lowest BCUT2D eigenvalue weighted by molar-refractivity contribution is -0.118. The quantitative estimate of drug-likeness (QED) is 0.656. The predicted octanol–water partition coefficient (Wildman–Crippen LogP) is 1.68. The molecule has 21 heavy (non-hydrogen) atoms. The molecule has 1 heterocycles. The van der Waals surface area contributed by atoms with Gasteiger partial charge in [-0.25, -0.2) is 22.0 Å². The summed E-state index contributed by atoms with van der Waals surface area (Å²) in [5, 5.41) is 11.9. The van der Waals surface area contributed by atoms with E-state index in [9.17, 15) is 22.0 Å². The summed E-state index contributed by atoms with van der Waals surface area (Å²) in [6, 6.07) is -0.613. The van der Waals surface area contributed by atoms with Gasteiger partial charge in [-0.3, -0.25) is 4.90 Å². The number of alkyl halides is 2. The maximum atomic E-state index is 14.0. The smallest absolute Gasteiger partial charge is 0.289 e. The van der Waals surface area contributed by atoms with Crippen molar-refractivity contribution in [3.05, 3.63) is 35.1 Å². The Morgan fingerprint density at radius 1 is 1.14 bits per heavy atom. The number of halogens is 5. The lowest BCUT2D eigenvalue weighted by atomic mass is 9.97.